The fourth-order valence-electron chi connectivity index (χ4n) is 2.20. The summed E-state index contributed by atoms with van der Waals surface area (Å²) in [4.78, 5) is 12.4. The maximum absolute atomic E-state index is 12.4. The molecule has 0 fully saturated rings. The third-order valence-electron chi connectivity index (χ3n) is 3.57. The molecule has 0 aliphatic carbocycles. The number of hydrogen-bond donors (Lipinski definition) is 1. The number of methoxy groups -OCH3 is 2. The Morgan fingerprint density at radius 2 is 1.64 bits per heavy atom. The van der Waals surface area contributed by atoms with Crippen LogP contribution >= 0.6 is 0 Å². The van der Waals surface area contributed by atoms with Gasteiger partial charge in [-0.25, -0.2) is 0 Å². The van der Waals surface area contributed by atoms with Gasteiger partial charge in [-0.3, -0.25) is 4.79 Å². The molecule has 2 rings (SSSR count). The van der Waals surface area contributed by atoms with Crippen LogP contribution in [0.1, 0.15) is 34.5 Å². The third kappa shape index (κ3) is 3.58. The van der Waals surface area contributed by atoms with Gasteiger partial charge < -0.3 is 14.8 Å². The first-order valence-corrected chi connectivity index (χ1v) is 7.14. The van der Waals surface area contributed by atoms with Crippen LogP contribution in [-0.4, -0.2) is 20.1 Å². The van der Waals surface area contributed by atoms with Gasteiger partial charge in [-0.15, -0.1) is 0 Å². The van der Waals surface area contributed by atoms with Gasteiger partial charge in [0.1, 0.15) is 0 Å². The fraction of sp³-hybridized carbons (Fsp3) is 0.278. The van der Waals surface area contributed by atoms with Crippen LogP contribution in [0.5, 0.6) is 11.5 Å². The van der Waals surface area contributed by atoms with Crippen molar-refractivity contribution >= 4 is 5.91 Å². The number of rotatable bonds is 5. The number of hydrogen-bond acceptors (Lipinski definition) is 3. The summed E-state index contributed by atoms with van der Waals surface area (Å²) in [5, 5.41) is 2.99. The zero-order valence-electron chi connectivity index (χ0n) is 13.3. The molecule has 0 saturated heterocycles. The van der Waals surface area contributed by atoms with Gasteiger partial charge in [-0.2, -0.15) is 0 Å². The van der Waals surface area contributed by atoms with Crippen LogP contribution in [0.25, 0.3) is 0 Å². The van der Waals surface area contributed by atoms with E-state index < -0.39 is 0 Å². The summed E-state index contributed by atoms with van der Waals surface area (Å²) in [7, 11) is 3.12. The van der Waals surface area contributed by atoms with E-state index in [0.29, 0.717) is 17.1 Å². The Labute approximate surface area is 131 Å². The molecule has 0 heterocycles. The Morgan fingerprint density at radius 1 is 1.00 bits per heavy atom. The molecule has 116 valence electrons. The van der Waals surface area contributed by atoms with E-state index in [4.69, 9.17) is 9.47 Å². The van der Waals surface area contributed by atoms with Gasteiger partial charge in [0.25, 0.3) is 5.91 Å². The highest BCUT2D eigenvalue weighted by atomic mass is 16.5. The minimum Gasteiger partial charge on any atom is -0.493 e. The van der Waals surface area contributed by atoms with Crippen molar-refractivity contribution in [2.75, 3.05) is 14.2 Å². The molecular weight excluding hydrogens is 278 g/mol. The Kier molecular flexibility index (Phi) is 5.04. The van der Waals surface area contributed by atoms with Gasteiger partial charge in [0.05, 0.1) is 20.3 Å². The Bertz CT molecular complexity index is 650. The summed E-state index contributed by atoms with van der Waals surface area (Å²) in [6.45, 7) is 4.00. The fourth-order valence-corrected chi connectivity index (χ4v) is 2.20. The lowest BCUT2D eigenvalue weighted by atomic mass is 10.1. The second kappa shape index (κ2) is 6.98. The van der Waals surface area contributed by atoms with Crippen molar-refractivity contribution in [1.82, 2.24) is 5.32 Å². The van der Waals surface area contributed by atoms with E-state index in [1.54, 1.807) is 32.4 Å². The molecular formula is C18H21NO3. The molecule has 2 aromatic carbocycles. The molecule has 0 bridgehead atoms. The predicted molar refractivity (Wildman–Crippen MR) is 86.6 cm³/mol. The molecule has 0 radical (unpaired) electrons. The summed E-state index contributed by atoms with van der Waals surface area (Å²) >= 11 is 0. The standard InChI is InChI=1S/C18H21NO3/c1-12-5-7-14(8-6-12)13(2)19-18(20)15-9-10-16(21-3)17(11-15)22-4/h5-11,13H,1-4H3,(H,19,20)/t13-/m1/s1. The summed E-state index contributed by atoms with van der Waals surface area (Å²) in [6, 6.07) is 13.2. The first-order valence-electron chi connectivity index (χ1n) is 7.14. The van der Waals surface area contributed by atoms with E-state index >= 15 is 0 Å². The molecule has 0 aliphatic rings. The van der Waals surface area contributed by atoms with Crippen molar-refractivity contribution in [2.45, 2.75) is 19.9 Å². The Balaban J connectivity index is 2.13. The minimum atomic E-state index is -0.144. The molecule has 22 heavy (non-hydrogen) atoms. The van der Waals surface area contributed by atoms with Crippen molar-refractivity contribution < 1.29 is 14.3 Å². The molecule has 1 amide bonds. The summed E-state index contributed by atoms with van der Waals surface area (Å²) in [5.41, 5.74) is 2.80. The van der Waals surface area contributed by atoms with Crippen LogP contribution in [-0.2, 0) is 0 Å². The molecule has 0 spiro atoms. The Morgan fingerprint density at radius 3 is 2.23 bits per heavy atom. The van der Waals surface area contributed by atoms with Crippen LogP contribution in [0, 0.1) is 6.92 Å². The van der Waals surface area contributed by atoms with E-state index in [1.807, 2.05) is 38.1 Å². The van der Waals surface area contributed by atoms with E-state index in [1.165, 1.54) is 5.56 Å². The zero-order valence-corrected chi connectivity index (χ0v) is 13.3. The molecule has 2 aromatic rings. The quantitative estimate of drug-likeness (QED) is 0.919. The van der Waals surface area contributed by atoms with E-state index in [-0.39, 0.29) is 11.9 Å². The van der Waals surface area contributed by atoms with Crippen LogP contribution in [0.15, 0.2) is 42.5 Å². The smallest absolute Gasteiger partial charge is 0.251 e. The van der Waals surface area contributed by atoms with Gasteiger partial charge in [0, 0.05) is 5.56 Å². The number of benzene rings is 2. The van der Waals surface area contributed by atoms with Crippen molar-refractivity contribution in [3.63, 3.8) is 0 Å². The minimum absolute atomic E-state index is 0.0683. The summed E-state index contributed by atoms with van der Waals surface area (Å²) in [6.07, 6.45) is 0. The van der Waals surface area contributed by atoms with Crippen molar-refractivity contribution in [3.8, 4) is 11.5 Å². The molecule has 4 heteroatoms. The number of carbonyl (C=O) groups excluding carboxylic acids is 1. The lowest BCUT2D eigenvalue weighted by Crippen LogP contribution is -2.26. The lowest BCUT2D eigenvalue weighted by molar-refractivity contribution is 0.0939. The molecule has 0 unspecified atom stereocenters. The summed E-state index contributed by atoms with van der Waals surface area (Å²) < 4.78 is 10.4. The predicted octanol–water partition coefficient (Wildman–Crippen LogP) is 3.50. The molecule has 4 nitrogen and oxygen atoms in total. The van der Waals surface area contributed by atoms with Crippen molar-refractivity contribution in [2.24, 2.45) is 0 Å². The summed E-state index contributed by atoms with van der Waals surface area (Å²) in [5.74, 6) is 0.998. The average Bonchev–Trinajstić information content (AvgIpc) is 2.54. The Hall–Kier alpha value is -2.49. The second-order valence-corrected chi connectivity index (χ2v) is 5.18. The van der Waals surface area contributed by atoms with Crippen LogP contribution in [0.4, 0.5) is 0 Å². The zero-order chi connectivity index (χ0) is 16.1. The first kappa shape index (κ1) is 15.9. The van der Waals surface area contributed by atoms with Gasteiger partial charge in [-0.1, -0.05) is 29.8 Å². The van der Waals surface area contributed by atoms with E-state index in [9.17, 15) is 4.79 Å². The van der Waals surface area contributed by atoms with Crippen LogP contribution in [0.2, 0.25) is 0 Å². The number of aryl methyl sites for hydroxylation is 1. The third-order valence-corrected chi connectivity index (χ3v) is 3.57. The average molecular weight is 299 g/mol. The lowest BCUT2D eigenvalue weighted by Gasteiger charge is -2.15. The highest BCUT2D eigenvalue weighted by Gasteiger charge is 2.14. The van der Waals surface area contributed by atoms with Gasteiger partial charge in [-0.05, 0) is 37.6 Å². The van der Waals surface area contributed by atoms with Gasteiger partial charge in [0.2, 0.25) is 0 Å². The molecule has 0 aliphatic heterocycles. The maximum Gasteiger partial charge on any atom is 0.251 e. The van der Waals surface area contributed by atoms with Crippen molar-refractivity contribution in [3.05, 3.63) is 59.2 Å². The second-order valence-electron chi connectivity index (χ2n) is 5.18. The maximum atomic E-state index is 12.4. The molecule has 1 N–H and O–H groups in total. The van der Waals surface area contributed by atoms with Crippen molar-refractivity contribution in [1.29, 1.82) is 0 Å². The largest absolute Gasteiger partial charge is 0.493 e. The first-order chi connectivity index (χ1) is 10.5. The normalized spacial score (nSPS) is 11.6. The number of nitrogens with one attached hydrogen (secondary N) is 1. The molecule has 0 aromatic heterocycles. The molecule has 1 atom stereocenters. The topological polar surface area (TPSA) is 47.6 Å². The van der Waals surface area contributed by atoms with Crippen LogP contribution < -0.4 is 14.8 Å². The molecule has 0 saturated carbocycles. The number of carbonyl (C=O) groups is 1. The highest BCUT2D eigenvalue weighted by Crippen LogP contribution is 2.27. The van der Waals surface area contributed by atoms with Gasteiger partial charge in [0.15, 0.2) is 11.5 Å². The number of amides is 1. The van der Waals surface area contributed by atoms with E-state index in [0.717, 1.165) is 5.56 Å². The van der Waals surface area contributed by atoms with Crippen LogP contribution in [0.3, 0.4) is 0 Å². The monoisotopic (exact) mass is 299 g/mol. The highest BCUT2D eigenvalue weighted by molar-refractivity contribution is 5.95. The van der Waals surface area contributed by atoms with Gasteiger partial charge >= 0.3 is 0 Å². The SMILES string of the molecule is COc1ccc(C(=O)N[C@H](C)c2ccc(C)cc2)cc1OC. The number of ether oxygens (including phenoxy) is 2. The van der Waals surface area contributed by atoms with E-state index in [2.05, 4.69) is 5.32 Å².